The molecule has 31 heavy (non-hydrogen) atoms. The van der Waals surface area contributed by atoms with E-state index >= 15 is 0 Å². The zero-order chi connectivity index (χ0) is 22.1. The minimum atomic E-state index is -0.973. The summed E-state index contributed by atoms with van der Waals surface area (Å²) in [5.41, 5.74) is 3.47. The van der Waals surface area contributed by atoms with Crippen molar-refractivity contribution in [1.82, 2.24) is 15.0 Å². The molecule has 0 aliphatic carbocycles. The van der Waals surface area contributed by atoms with Crippen molar-refractivity contribution in [3.63, 3.8) is 0 Å². The third kappa shape index (κ3) is 4.10. The van der Waals surface area contributed by atoms with Gasteiger partial charge in [-0.2, -0.15) is 0 Å². The maximum Gasteiger partial charge on any atom is 0.261 e. The second-order valence-corrected chi connectivity index (χ2v) is 7.38. The van der Waals surface area contributed by atoms with Gasteiger partial charge in [0.05, 0.1) is 22.8 Å². The number of imidazole rings is 1. The Labute approximate surface area is 177 Å². The fourth-order valence-electron chi connectivity index (χ4n) is 3.51. The number of rotatable bonds is 6. The number of nitrogens with one attached hydrogen (secondary N) is 3. The molecule has 4 rings (SSSR count). The number of carbonyl (C=O) groups is 1. The maximum absolute atomic E-state index is 13.4. The number of aryl methyl sites for hydroxylation is 1. The van der Waals surface area contributed by atoms with Gasteiger partial charge >= 0.3 is 0 Å². The van der Waals surface area contributed by atoms with Crippen LogP contribution in [0.3, 0.4) is 0 Å². The summed E-state index contributed by atoms with van der Waals surface area (Å²) in [5.74, 6) is -0.160. The first-order valence-corrected chi connectivity index (χ1v) is 9.74. The number of halogens is 1. The van der Waals surface area contributed by atoms with Crippen LogP contribution in [0, 0.1) is 12.7 Å². The summed E-state index contributed by atoms with van der Waals surface area (Å²) in [5, 5.41) is 13.5. The van der Waals surface area contributed by atoms with Crippen LogP contribution in [-0.2, 0) is 0 Å². The SMILES string of the molecule is CC(=O)c1cc(C)c2nc(-c3c(NCC(O)c4cccc(F)c4)cc[nH]c3=O)[nH]c2c1. The predicted molar refractivity (Wildman–Crippen MR) is 117 cm³/mol. The van der Waals surface area contributed by atoms with E-state index in [1.54, 1.807) is 24.3 Å². The average Bonchev–Trinajstić information content (AvgIpc) is 3.16. The van der Waals surface area contributed by atoms with Gasteiger partial charge in [0, 0.05) is 18.3 Å². The van der Waals surface area contributed by atoms with Gasteiger partial charge < -0.3 is 20.4 Å². The molecule has 0 amide bonds. The van der Waals surface area contributed by atoms with Crippen molar-refractivity contribution in [1.29, 1.82) is 0 Å². The van der Waals surface area contributed by atoms with Crippen molar-refractivity contribution in [3.05, 3.63) is 81.5 Å². The number of benzene rings is 2. The number of carbonyl (C=O) groups excluding carboxylic acids is 1. The molecule has 8 heteroatoms. The van der Waals surface area contributed by atoms with Gasteiger partial charge in [-0.1, -0.05) is 12.1 Å². The molecule has 0 radical (unpaired) electrons. The van der Waals surface area contributed by atoms with Crippen molar-refractivity contribution in [3.8, 4) is 11.4 Å². The molecule has 158 valence electrons. The van der Waals surface area contributed by atoms with Crippen LogP contribution in [0.25, 0.3) is 22.4 Å². The van der Waals surface area contributed by atoms with Gasteiger partial charge in [-0.05, 0) is 55.3 Å². The molecule has 1 unspecified atom stereocenters. The molecular formula is C23H21FN4O3. The molecular weight excluding hydrogens is 399 g/mol. The zero-order valence-corrected chi connectivity index (χ0v) is 17.0. The van der Waals surface area contributed by atoms with Crippen molar-refractivity contribution >= 4 is 22.5 Å². The maximum atomic E-state index is 13.4. The van der Waals surface area contributed by atoms with Gasteiger partial charge in [-0.25, -0.2) is 9.37 Å². The molecule has 0 bridgehead atoms. The van der Waals surface area contributed by atoms with E-state index in [1.807, 2.05) is 6.92 Å². The first kappa shape index (κ1) is 20.5. The molecule has 0 aliphatic rings. The summed E-state index contributed by atoms with van der Waals surface area (Å²) in [6, 6.07) is 10.9. The van der Waals surface area contributed by atoms with Gasteiger partial charge in [0.15, 0.2) is 5.78 Å². The molecule has 4 aromatic rings. The number of hydrogen-bond acceptors (Lipinski definition) is 5. The van der Waals surface area contributed by atoms with Gasteiger partial charge in [-0.3, -0.25) is 9.59 Å². The number of aliphatic hydroxyl groups excluding tert-OH is 1. The molecule has 7 nitrogen and oxygen atoms in total. The first-order chi connectivity index (χ1) is 14.8. The molecule has 2 aromatic heterocycles. The van der Waals surface area contributed by atoms with Crippen LogP contribution in [0.1, 0.15) is 34.5 Å². The second kappa shape index (κ2) is 8.16. The number of aromatic amines is 2. The van der Waals surface area contributed by atoms with E-state index in [9.17, 15) is 19.1 Å². The third-order valence-corrected chi connectivity index (χ3v) is 5.10. The number of fused-ring (bicyclic) bond motifs is 1. The Kier molecular flexibility index (Phi) is 5.39. The largest absolute Gasteiger partial charge is 0.387 e. The van der Waals surface area contributed by atoms with E-state index < -0.39 is 11.9 Å². The monoisotopic (exact) mass is 420 g/mol. The molecule has 0 saturated carbocycles. The number of aliphatic hydroxyl groups is 1. The lowest BCUT2D eigenvalue weighted by Crippen LogP contribution is -2.17. The number of pyridine rings is 1. The lowest BCUT2D eigenvalue weighted by molar-refractivity contribution is 0.101. The van der Waals surface area contributed by atoms with Crippen molar-refractivity contribution in [2.75, 3.05) is 11.9 Å². The standard InChI is InChI=1S/C23H21FN4O3/c1-12-8-15(13(2)29)10-18-21(12)28-22(27-18)20-17(6-7-25-23(20)31)26-11-19(30)14-4-3-5-16(24)9-14/h3-10,19,30H,11H2,1-2H3,(H,27,28)(H2,25,26,31). The van der Waals surface area contributed by atoms with E-state index in [2.05, 4.69) is 20.3 Å². The summed E-state index contributed by atoms with van der Waals surface area (Å²) in [6.45, 7) is 3.41. The molecule has 2 heterocycles. The number of aromatic nitrogens is 3. The van der Waals surface area contributed by atoms with Gasteiger partial charge in [-0.15, -0.1) is 0 Å². The van der Waals surface area contributed by atoms with Gasteiger partial charge in [0.1, 0.15) is 17.2 Å². The highest BCUT2D eigenvalue weighted by Crippen LogP contribution is 2.27. The summed E-state index contributed by atoms with van der Waals surface area (Å²) in [6.07, 6.45) is 0.517. The number of nitrogens with zero attached hydrogens (tertiary/aromatic N) is 1. The fraction of sp³-hybridized carbons (Fsp3) is 0.174. The Hall–Kier alpha value is -3.78. The molecule has 2 aromatic carbocycles. The molecule has 0 spiro atoms. The second-order valence-electron chi connectivity index (χ2n) is 7.38. The average molecular weight is 420 g/mol. The predicted octanol–water partition coefficient (Wildman–Crippen LogP) is 3.71. The van der Waals surface area contributed by atoms with Crippen LogP contribution in [0.5, 0.6) is 0 Å². The zero-order valence-electron chi connectivity index (χ0n) is 17.0. The smallest absolute Gasteiger partial charge is 0.261 e. The Balaban J connectivity index is 1.69. The van der Waals surface area contributed by atoms with E-state index in [-0.39, 0.29) is 23.5 Å². The van der Waals surface area contributed by atoms with Crippen LogP contribution >= 0.6 is 0 Å². The topological polar surface area (TPSA) is 111 Å². The van der Waals surface area contributed by atoms with Crippen LogP contribution in [-0.4, -0.2) is 32.4 Å². The van der Waals surface area contributed by atoms with Gasteiger partial charge in [0.2, 0.25) is 0 Å². The highest BCUT2D eigenvalue weighted by atomic mass is 19.1. The fourth-order valence-corrected chi connectivity index (χ4v) is 3.51. The normalized spacial score (nSPS) is 12.1. The Morgan fingerprint density at radius 3 is 2.81 bits per heavy atom. The third-order valence-electron chi connectivity index (χ3n) is 5.10. The Bertz CT molecular complexity index is 1340. The number of Topliss-reactive ketones (excluding diaryl/α,β-unsaturated/α-hetero) is 1. The lowest BCUT2D eigenvalue weighted by Gasteiger charge is -2.15. The lowest BCUT2D eigenvalue weighted by atomic mass is 10.1. The number of H-pyrrole nitrogens is 2. The molecule has 0 saturated heterocycles. The van der Waals surface area contributed by atoms with Crippen molar-refractivity contribution < 1.29 is 14.3 Å². The van der Waals surface area contributed by atoms with E-state index in [0.717, 1.165) is 5.56 Å². The summed E-state index contributed by atoms with van der Waals surface area (Å²) < 4.78 is 13.4. The number of anilines is 1. The Morgan fingerprint density at radius 2 is 2.06 bits per heavy atom. The quantitative estimate of drug-likeness (QED) is 0.355. The highest BCUT2D eigenvalue weighted by Gasteiger charge is 2.17. The van der Waals surface area contributed by atoms with Gasteiger partial charge in [0.25, 0.3) is 5.56 Å². The highest BCUT2D eigenvalue weighted by molar-refractivity contribution is 5.98. The van der Waals surface area contributed by atoms with Crippen LogP contribution < -0.4 is 10.9 Å². The van der Waals surface area contributed by atoms with E-state index in [4.69, 9.17) is 0 Å². The molecule has 1 atom stereocenters. The summed E-state index contributed by atoms with van der Waals surface area (Å²) in [7, 11) is 0. The Morgan fingerprint density at radius 1 is 1.26 bits per heavy atom. The molecule has 0 aliphatic heterocycles. The van der Waals surface area contributed by atoms with Crippen LogP contribution in [0.4, 0.5) is 10.1 Å². The first-order valence-electron chi connectivity index (χ1n) is 9.74. The van der Waals surface area contributed by atoms with E-state index in [1.165, 1.54) is 31.3 Å². The van der Waals surface area contributed by atoms with Crippen molar-refractivity contribution in [2.24, 2.45) is 0 Å². The number of ketones is 1. The van der Waals surface area contributed by atoms with Crippen LogP contribution in [0.15, 0.2) is 53.5 Å². The molecule has 0 fully saturated rings. The minimum absolute atomic E-state index is 0.0626. The summed E-state index contributed by atoms with van der Waals surface area (Å²) in [4.78, 5) is 34.7. The molecule has 4 N–H and O–H groups in total. The minimum Gasteiger partial charge on any atom is -0.387 e. The van der Waals surface area contributed by atoms with Crippen molar-refractivity contribution in [2.45, 2.75) is 20.0 Å². The summed E-state index contributed by atoms with van der Waals surface area (Å²) >= 11 is 0. The van der Waals surface area contributed by atoms with Crippen LogP contribution in [0.2, 0.25) is 0 Å². The van der Waals surface area contributed by atoms with E-state index in [0.29, 0.717) is 33.7 Å². The number of hydrogen-bond donors (Lipinski definition) is 4.